The van der Waals surface area contributed by atoms with Crippen molar-refractivity contribution in [3.63, 3.8) is 0 Å². The fourth-order valence-corrected chi connectivity index (χ4v) is 2.85. The van der Waals surface area contributed by atoms with E-state index in [0.29, 0.717) is 18.2 Å². The van der Waals surface area contributed by atoms with Gasteiger partial charge in [0.15, 0.2) is 0 Å². The SMILES string of the molecule is Fc1cc(F)cc(CNC2CCc3ccccc3C2)c1. The Bertz CT molecular complexity index is 589. The quantitative estimate of drug-likeness (QED) is 0.900. The van der Waals surface area contributed by atoms with Gasteiger partial charge >= 0.3 is 0 Å². The average Bonchev–Trinajstić information content (AvgIpc) is 2.44. The molecule has 1 aliphatic rings. The maximum Gasteiger partial charge on any atom is 0.126 e. The van der Waals surface area contributed by atoms with Crippen molar-refractivity contribution < 1.29 is 8.78 Å². The molecule has 0 radical (unpaired) electrons. The van der Waals surface area contributed by atoms with Crippen LogP contribution in [-0.4, -0.2) is 6.04 Å². The van der Waals surface area contributed by atoms with Gasteiger partial charge in [-0.1, -0.05) is 24.3 Å². The normalized spacial score (nSPS) is 17.8. The Hall–Kier alpha value is -1.74. The molecule has 3 heteroatoms. The number of fused-ring (bicyclic) bond motifs is 1. The summed E-state index contributed by atoms with van der Waals surface area (Å²) in [6.45, 7) is 0.502. The van der Waals surface area contributed by atoms with Crippen LogP contribution in [0.4, 0.5) is 8.78 Å². The van der Waals surface area contributed by atoms with Gasteiger partial charge < -0.3 is 5.32 Å². The minimum Gasteiger partial charge on any atom is -0.310 e. The number of rotatable bonds is 3. The molecule has 0 amide bonds. The minimum absolute atomic E-state index is 0.372. The number of hydrogen-bond acceptors (Lipinski definition) is 1. The summed E-state index contributed by atoms with van der Waals surface area (Å²) in [5, 5.41) is 3.40. The molecule has 0 aliphatic heterocycles. The Balaban J connectivity index is 1.62. The highest BCUT2D eigenvalue weighted by molar-refractivity contribution is 5.30. The van der Waals surface area contributed by atoms with Crippen LogP contribution in [0.2, 0.25) is 0 Å². The van der Waals surface area contributed by atoms with Gasteiger partial charge in [0, 0.05) is 18.7 Å². The van der Waals surface area contributed by atoms with Crippen molar-refractivity contribution in [3.05, 3.63) is 70.8 Å². The topological polar surface area (TPSA) is 12.0 Å². The molecule has 20 heavy (non-hydrogen) atoms. The maximum atomic E-state index is 13.1. The van der Waals surface area contributed by atoms with E-state index >= 15 is 0 Å². The van der Waals surface area contributed by atoms with E-state index in [1.807, 2.05) is 0 Å². The van der Waals surface area contributed by atoms with E-state index in [1.54, 1.807) is 0 Å². The molecule has 0 spiro atoms. The molecular formula is C17H17F2N. The summed E-state index contributed by atoms with van der Waals surface area (Å²) in [4.78, 5) is 0. The average molecular weight is 273 g/mol. The fourth-order valence-electron chi connectivity index (χ4n) is 2.85. The first kappa shape index (κ1) is 13.3. The first-order chi connectivity index (χ1) is 9.70. The molecule has 0 aromatic heterocycles. The second kappa shape index (κ2) is 5.71. The van der Waals surface area contributed by atoms with Gasteiger partial charge in [-0.05, 0) is 48.1 Å². The lowest BCUT2D eigenvalue weighted by Crippen LogP contribution is -2.34. The van der Waals surface area contributed by atoms with Gasteiger partial charge in [-0.2, -0.15) is 0 Å². The van der Waals surface area contributed by atoms with Gasteiger partial charge in [-0.3, -0.25) is 0 Å². The molecule has 0 saturated heterocycles. The van der Waals surface area contributed by atoms with E-state index in [1.165, 1.54) is 23.3 Å². The molecule has 1 N–H and O–H groups in total. The first-order valence-electron chi connectivity index (χ1n) is 6.96. The van der Waals surface area contributed by atoms with Crippen LogP contribution in [0.25, 0.3) is 0 Å². The Morgan fingerprint density at radius 2 is 1.70 bits per heavy atom. The molecule has 1 unspecified atom stereocenters. The van der Waals surface area contributed by atoms with Crippen LogP contribution < -0.4 is 5.32 Å². The Kier molecular flexibility index (Phi) is 3.79. The molecule has 1 atom stereocenters. The van der Waals surface area contributed by atoms with Gasteiger partial charge in [0.2, 0.25) is 0 Å². The lowest BCUT2D eigenvalue weighted by atomic mass is 9.88. The summed E-state index contributed by atoms with van der Waals surface area (Å²) in [6, 6.07) is 12.5. The summed E-state index contributed by atoms with van der Waals surface area (Å²) in [6.07, 6.45) is 3.11. The Morgan fingerprint density at radius 3 is 2.45 bits per heavy atom. The molecular weight excluding hydrogens is 256 g/mol. The van der Waals surface area contributed by atoms with E-state index in [2.05, 4.69) is 29.6 Å². The van der Waals surface area contributed by atoms with Crippen molar-refractivity contribution in [1.29, 1.82) is 0 Å². The van der Waals surface area contributed by atoms with Crippen LogP contribution in [0.3, 0.4) is 0 Å². The molecule has 2 aromatic carbocycles. The van der Waals surface area contributed by atoms with Gasteiger partial charge in [-0.15, -0.1) is 0 Å². The van der Waals surface area contributed by atoms with Crippen molar-refractivity contribution in [2.24, 2.45) is 0 Å². The van der Waals surface area contributed by atoms with Crippen LogP contribution in [0.15, 0.2) is 42.5 Å². The van der Waals surface area contributed by atoms with Crippen LogP contribution in [0, 0.1) is 11.6 Å². The molecule has 0 saturated carbocycles. The third-order valence-electron chi connectivity index (χ3n) is 3.86. The molecule has 0 heterocycles. The summed E-state index contributed by atoms with van der Waals surface area (Å²) < 4.78 is 26.2. The molecule has 0 fully saturated rings. The number of aryl methyl sites for hydroxylation is 1. The van der Waals surface area contributed by atoms with Crippen LogP contribution in [-0.2, 0) is 19.4 Å². The van der Waals surface area contributed by atoms with E-state index in [0.717, 1.165) is 25.3 Å². The van der Waals surface area contributed by atoms with E-state index < -0.39 is 11.6 Å². The minimum atomic E-state index is -0.518. The van der Waals surface area contributed by atoms with Gasteiger partial charge in [0.25, 0.3) is 0 Å². The highest BCUT2D eigenvalue weighted by Crippen LogP contribution is 2.21. The van der Waals surface area contributed by atoms with Crippen molar-refractivity contribution in [3.8, 4) is 0 Å². The van der Waals surface area contributed by atoms with Crippen molar-refractivity contribution >= 4 is 0 Å². The Morgan fingerprint density at radius 1 is 1.00 bits per heavy atom. The van der Waals surface area contributed by atoms with Crippen LogP contribution in [0.1, 0.15) is 23.1 Å². The highest BCUT2D eigenvalue weighted by Gasteiger charge is 2.17. The molecule has 2 aromatic rings. The zero-order chi connectivity index (χ0) is 13.9. The van der Waals surface area contributed by atoms with E-state index in [-0.39, 0.29) is 0 Å². The van der Waals surface area contributed by atoms with Crippen molar-refractivity contribution in [1.82, 2.24) is 5.32 Å². The largest absolute Gasteiger partial charge is 0.310 e. The number of nitrogens with one attached hydrogen (secondary N) is 1. The smallest absolute Gasteiger partial charge is 0.126 e. The number of hydrogen-bond donors (Lipinski definition) is 1. The second-order valence-corrected chi connectivity index (χ2v) is 5.37. The van der Waals surface area contributed by atoms with Gasteiger partial charge in [-0.25, -0.2) is 8.78 Å². The van der Waals surface area contributed by atoms with Crippen molar-refractivity contribution in [2.75, 3.05) is 0 Å². The zero-order valence-electron chi connectivity index (χ0n) is 11.2. The molecule has 104 valence electrons. The summed E-state index contributed by atoms with van der Waals surface area (Å²) in [5.41, 5.74) is 3.45. The lowest BCUT2D eigenvalue weighted by molar-refractivity contribution is 0.456. The van der Waals surface area contributed by atoms with Crippen LogP contribution in [0.5, 0.6) is 0 Å². The first-order valence-corrected chi connectivity index (χ1v) is 6.96. The highest BCUT2D eigenvalue weighted by atomic mass is 19.1. The second-order valence-electron chi connectivity index (χ2n) is 5.37. The van der Waals surface area contributed by atoms with E-state index in [9.17, 15) is 8.78 Å². The summed E-state index contributed by atoms with van der Waals surface area (Å²) in [5.74, 6) is -1.04. The van der Waals surface area contributed by atoms with Crippen molar-refractivity contribution in [2.45, 2.75) is 31.8 Å². The van der Waals surface area contributed by atoms with Crippen LogP contribution >= 0.6 is 0 Å². The molecule has 0 bridgehead atoms. The van der Waals surface area contributed by atoms with Gasteiger partial charge in [0.05, 0.1) is 0 Å². The lowest BCUT2D eigenvalue weighted by Gasteiger charge is -2.25. The third kappa shape index (κ3) is 3.05. The Labute approximate surface area is 117 Å². The molecule has 3 rings (SSSR count). The van der Waals surface area contributed by atoms with E-state index in [4.69, 9.17) is 0 Å². The predicted molar refractivity (Wildman–Crippen MR) is 75.5 cm³/mol. The maximum absolute atomic E-state index is 13.1. The third-order valence-corrected chi connectivity index (χ3v) is 3.86. The fraction of sp³-hybridized carbons (Fsp3) is 0.294. The molecule has 1 nitrogen and oxygen atoms in total. The number of benzene rings is 2. The zero-order valence-corrected chi connectivity index (χ0v) is 11.2. The summed E-state index contributed by atoms with van der Waals surface area (Å²) in [7, 11) is 0. The van der Waals surface area contributed by atoms with Gasteiger partial charge in [0.1, 0.15) is 11.6 Å². The standard InChI is InChI=1S/C17H17F2N/c18-15-7-12(8-16(19)10-15)11-20-17-6-5-13-3-1-2-4-14(13)9-17/h1-4,7-8,10,17,20H,5-6,9,11H2. The predicted octanol–water partition coefficient (Wildman–Crippen LogP) is 3.61. The monoisotopic (exact) mass is 273 g/mol. The summed E-state index contributed by atoms with van der Waals surface area (Å²) >= 11 is 0. The number of halogens is 2. The molecule has 1 aliphatic carbocycles.